The summed E-state index contributed by atoms with van der Waals surface area (Å²) in [6.45, 7) is 1.02. The molecule has 1 aliphatic heterocycles. The van der Waals surface area contributed by atoms with Gasteiger partial charge in [-0.1, -0.05) is 35.9 Å². The smallest absolute Gasteiger partial charge is 0.270 e. The molecular weight excluding hydrogens is 392 g/mol. The van der Waals surface area contributed by atoms with Gasteiger partial charge in [0.1, 0.15) is 0 Å². The van der Waals surface area contributed by atoms with Crippen molar-refractivity contribution in [2.75, 3.05) is 6.54 Å². The number of non-ortho nitro benzene ring substituents is 1. The number of aromatic amines is 1. The predicted molar refractivity (Wildman–Crippen MR) is 110 cm³/mol. The number of rotatable bonds is 4. The molecule has 8 heteroatoms. The predicted octanol–water partition coefficient (Wildman–Crippen LogP) is 4.24. The first-order valence-electron chi connectivity index (χ1n) is 9.05. The molecule has 1 amide bonds. The van der Waals surface area contributed by atoms with Crippen LogP contribution in [-0.4, -0.2) is 32.5 Å². The van der Waals surface area contributed by atoms with Crippen molar-refractivity contribution in [3.63, 3.8) is 0 Å². The molecule has 0 unspecified atom stereocenters. The van der Waals surface area contributed by atoms with E-state index in [9.17, 15) is 14.9 Å². The van der Waals surface area contributed by atoms with Crippen LogP contribution in [0.4, 0.5) is 5.69 Å². The number of nitrogens with one attached hydrogen (secondary N) is 1. The standard InChI is InChI=1S/C21H17ClN4O3/c22-16-7-5-15(6-8-16)21-18-13-25(11-10-19(18)23-24-21)20(27)9-4-14-2-1-3-17(12-14)26(28)29/h1-9,12H,10-11,13H2,(H,23,24)/b9-4+. The Kier molecular flexibility index (Phi) is 5.14. The third kappa shape index (κ3) is 4.05. The van der Waals surface area contributed by atoms with Gasteiger partial charge in [-0.15, -0.1) is 0 Å². The van der Waals surface area contributed by atoms with Crippen LogP contribution >= 0.6 is 11.6 Å². The zero-order chi connectivity index (χ0) is 20.4. The summed E-state index contributed by atoms with van der Waals surface area (Å²) < 4.78 is 0. The zero-order valence-electron chi connectivity index (χ0n) is 15.3. The molecule has 3 aromatic rings. The van der Waals surface area contributed by atoms with E-state index in [0.717, 1.165) is 22.5 Å². The molecule has 0 aliphatic carbocycles. The van der Waals surface area contributed by atoms with Crippen molar-refractivity contribution in [3.05, 3.63) is 86.6 Å². The van der Waals surface area contributed by atoms with Gasteiger partial charge in [0.25, 0.3) is 5.69 Å². The first-order valence-corrected chi connectivity index (χ1v) is 9.42. The Hall–Kier alpha value is -3.45. The van der Waals surface area contributed by atoms with Gasteiger partial charge in [0.15, 0.2) is 0 Å². The van der Waals surface area contributed by atoms with Crippen LogP contribution in [0.5, 0.6) is 0 Å². The number of nitrogens with zero attached hydrogens (tertiary/aromatic N) is 3. The van der Waals surface area contributed by atoms with Gasteiger partial charge in [0.2, 0.25) is 5.91 Å². The van der Waals surface area contributed by atoms with Crippen LogP contribution in [0.25, 0.3) is 17.3 Å². The molecule has 146 valence electrons. The lowest BCUT2D eigenvalue weighted by atomic mass is 10.0. The molecule has 1 aliphatic rings. The maximum Gasteiger partial charge on any atom is 0.270 e. The van der Waals surface area contributed by atoms with E-state index in [1.807, 2.05) is 24.3 Å². The van der Waals surface area contributed by atoms with E-state index in [1.54, 1.807) is 23.1 Å². The molecular formula is C21H17ClN4O3. The number of nitro benzene ring substituents is 1. The number of halogens is 1. The van der Waals surface area contributed by atoms with Gasteiger partial charge >= 0.3 is 0 Å². The molecule has 0 saturated heterocycles. The molecule has 1 aromatic heterocycles. The number of aromatic nitrogens is 2. The van der Waals surface area contributed by atoms with Crippen LogP contribution in [0.1, 0.15) is 16.8 Å². The first-order chi connectivity index (χ1) is 14.0. The third-order valence-corrected chi connectivity index (χ3v) is 5.11. The molecule has 0 spiro atoms. The van der Waals surface area contributed by atoms with E-state index in [2.05, 4.69) is 10.2 Å². The van der Waals surface area contributed by atoms with E-state index < -0.39 is 4.92 Å². The molecule has 1 N–H and O–H groups in total. The molecule has 0 saturated carbocycles. The Morgan fingerprint density at radius 2 is 2.03 bits per heavy atom. The van der Waals surface area contributed by atoms with Crippen LogP contribution in [0.2, 0.25) is 5.02 Å². The zero-order valence-corrected chi connectivity index (χ0v) is 16.1. The summed E-state index contributed by atoms with van der Waals surface area (Å²) in [5.74, 6) is -0.148. The van der Waals surface area contributed by atoms with Crippen molar-refractivity contribution in [2.24, 2.45) is 0 Å². The molecule has 0 fully saturated rings. The summed E-state index contributed by atoms with van der Waals surface area (Å²) >= 11 is 5.97. The maximum absolute atomic E-state index is 12.7. The highest BCUT2D eigenvalue weighted by molar-refractivity contribution is 6.30. The van der Waals surface area contributed by atoms with Gasteiger partial charge in [0.05, 0.1) is 10.6 Å². The molecule has 29 heavy (non-hydrogen) atoms. The van der Waals surface area contributed by atoms with Crippen molar-refractivity contribution in [1.29, 1.82) is 0 Å². The molecule has 0 radical (unpaired) electrons. The Bertz CT molecular complexity index is 1110. The Morgan fingerprint density at radius 1 is 1.24 bits per heavy atom. The number of nitro groups is 1. The molecule has 7 nitrogen and oxygen atoms in total. The molecule has 0 bridgehead atoms. The summed E-state index contributed by atoms with van der Waals surface area (Å²) in [6, 6.07) is 13.6. The van der Waals surface area contributed by atoms with E-state index in [4.69, 9.17) is 11.6 Å². The SMILES string of the molecule is O=C(/C=C/c1cccc([N+](=O)[O-])c1)N1CCc2[nH]nc(-c3ccc(Cl)cc3)c2C1. The van der Waals surface area contributed by atoms with Gasteiger partial charge in [0, 0.05) is 59.6 Å². The van der Waals surface area contributed by atoms with Gasteiger partial charge in [-0.2, -0.15) is 5.10 Å². The third-order valence-electron chi connectivity index (χ3n) is 4.86. The largest absolute Gasteiger partial charge is 0.334 e. The Labute approximate surface area is 171 Å². The summed E-state index contributed by atoms with van der Waals surface area (Å²) in [4.78, 5) is 24.8. The van der Waals surface area contributed by atoms with Crippen LogP contribution in [-0.2, 0) is 17.8 Å². The quantitative estimate of drug-likeness (QED) is 0.397. The number of amides is 1. The van der Waals surface area contributed by atoms with Crippen molar-refractivity contribution >= 4 is 29.3 Å². The highest BCUT2D eigenvalue weighted by atomic mass is 35.5. The second-order valence-electron chi connectivity index (χ2n) is 6.73. The first kappa shape index (κ1) is 18.9. The lowest BCUT2D eigenvalue weighted by Crippen LogP contribution is -2.34. The monoisotopic (exact) mass is 408 g/mol. The van der Waals surface area contributed by atoms with Gasteiger partial charge in [-0.25, -0.2) is 0 Å². The molecule has 2 heterocycles. The molecule has 4 rings (SSSR count). The average Bonchev–Trinajstić information content (AvgIpc) is 3.16. The van der Waals surface area contributed by atoms with Gasteiger partial charge in [-0.3, -0.25) is 20.0 Å². The number of carbonyl (C=O) groups excluding carboxylic acids is 1. The van der Waals surface area contributed by atoms with Crippen LogP contribution < -0.4 is 0 Å². The topological polar surface area (TPSA) is 92.1 Å². The van der Waals surface area contributed by atoms with Crippen molar-refractivity contribution in [3.8, 4) is 11.3 Å². The second kappa shape index (κ2) is 7.89. The van der Waals surface area contributed by atoms with Crippen molar-refractivity contribution < 1.29 is 9.72 Å². The number of H-pyrrole nitrogens is 1. The normalized spacial score (nSPS) is 13.5. The van der Waals surface area contributed by atoms with E-state index >= 15 is 0 Å². The van der Waals surface area contributed by atoms with Crippen LogP contribution in [0.3, 0.4) is 0 Å². The maximum atomic E-state index is 12.7. The lowest BCUT2D eigenvalue weighted by Gasteiger charge is -2.26. The minimum atomic E-state index is -0.456. The second-order valence-corrected chi connectivity index (χ2v) is 7.17. The molecule has 0 atom stereocenters. The summed E-state index contributed by atoms with van der Waals surface area (Å²) in [6.07, 6.45) is 3.73. The van der Waals surface area contributed by atoms with Crippen molar-refractivity contribution in [2.45, 2.75) is 13.0 Å². The number of carbonyl (C=O) groups is 1. The summed E-state index contributed by atoms with van der Waals surface area (Å²) in [5, 5.41) is 19.0. The summed E-state index contributed by atoms with van der Waals surface area (Å²) in [5.41, 5.74) is 4.38. The molecule has 2 aromatic carbocycles. The fourth-order valence-electron chi connectivity index (χ4n) is 3.34. The summed E-state index contributed by atoms with van der Waals surface area (Å²) in [7, 11) is 0. The number of fused-ring (bicyclic) bond motifs is 1. The highest BCUT2D eigenvalue weighted by Gasteiger charge is 2.24. The highest BCUT2D eigenvalue weighted by Crippen LogP contribution is 2.29. The van der Waals surface area contributed by atoms with Gasteiger partial charge < -0.3 is 4.90 Å². The van der Waals surface area contributed by atoms with E-state index in [1.165, 1.54) is 18.2 Å². The number of hydrogen-bond donors (Lipinski definition) is 1. The van der Waals surface area contributed by atoms with Gasteiger partial charge in [-0.05, 0) is 23.8 Å². The van der Waals surface area contributed by atoms with Crippen LogP contribution in [0.15, 0.2) is 54.6 Å². The Morgan fingerprint density at radius 3 is 2.79 bits per heavy atom. The van der Waals surface area contributed by atoms with E-state index in [0.29, 0.717) is 30.1 Å². The Balaban J connectivity index is 1.51. The fraction of sp³-hybridized carbons (Fsp3) is 0.143. The number of benzene rings is 2. The minimum Gasteiger partial charge on any atom is -0.334 e. The van der Waals surface area contributed by atoms with E-state index in [-0.39, 0.29) is 11.6 Å². The fourth-order valence-corrected chi connectivity index (χ4v) is 3.47. The van der Waals surface area contributed by atoms with Crippen LogP contribution in [0, 0.1) is 10.1 Å². The minimum absolute atomic E-state index is 0.00628. The average molecular weight is 409 g/mol. The number of hydrogen-bond acceptors (Lipinski definition) is 4. The lowest BCUT2D eigenvalue weighted by molar-refractivity contribution is -0.384. The van der Waals surface area contributed by atoms with Crippen molar-refractivity contribution in [1.82, 2.24) is 15.1 Å².